The number of hydrogen-bond acceptors (Lipinski definition) is 4. The molecule has 2 fully saturated rings. The Balaban J connectivity index is 1.49. The number of nitrogens with one attached hydrogen (secondary N) is 3. The molecule has 0 aromatic carbocycles. The molecule has 0 radical (unpaired) electrons. The fourth-order valence-electron chi connectivity index (χ4n) is 3.84. The van der Waals surface area contributed by atoms with Crippen molar-refractivity contribution in [3.05, 3.63) is 24.2 Å². The van der Waals surface area contributed by atoms with Gasteiger partial charge in [-0.1, -0.05) is 12.8 Å². The summed E-state index contributed by atoms with van der Waals surface area (Å²) < 4.78 is 5.40. The van der Waals surface area contributed by atoms with Gasteiger partial charge in [0.05, 0.1) is 12.8 Å². The molecule has 3 rings (SSSR count). The Bertz CT molecular complexity index is 588. The molecular weight excluding hydrogens is 342 g/mol. The highest BCUT2D eigenvalue weighted by Crippen LogP contribution is 2.18. The van der Waals surface area contributed by atoms with Crippen LogP contribution >= 0.6 is 0 Å². The van der Waals surface area contributed by atoms with Gasteiger partial charge in [0.2, 0.25) is 5.91 Å². The van der Waals surface area contributed by atoms with Crippen molar-refractivity contribution in [1.82, 2.24) is 20.9 Å². The minimum atomic E-state index is 0.0875. The first kappa shape index (κ1) is 19.7. The highest BCUT2D eigenvalue weighted by molar-refractivity contribution is 5.80. The molecule has 0 unspecified atom stereocenters. The van der Waals surface area contributed by atoms with Crippen molar-refractivity contribution >= 4 is 11.9 Å². The second-order valence-corrected chi connectivity index (χ2v) is 7.55. The lowest BCUT2D eigenvalue weighted by Crippen LogP contribution is -2.51. The third-order valence-corrected chi connectivity index (χ3v) is 5.48. The lowest BCUT2D eigenvalue weighted by atomic mass is 10.1. The summed E-state index contributed by atoms with van der Waals surface area (Å²) in [5, 5.41) is 9.96. The molecule has 1 aliphatic heterocycles. The number of carbonyl (C=O) groups is 1. The quantitative estimate of drug-likeness (QED) is 0.497. The van der Waals surface area contributed by atoms with E-state index in [9.17, 15) is 4.79 Å². The molecule has 1 aromatic rings. The summed E-state index contributed by atoms with van der Waals surface area (Å²) >= 11 is 0. The van der Waals surface area contributed by atoms with Gasteiger partial charge in [0.15, 0.2) is 5.96 Å². The minimum absolute atomic E-state index is 0.0875. The van der Waals surface area contributed by atoms with E-state index >= 15 is 0 Å². The van der Waals surface area contributed by atoms with Crippen molar-refractivity contribution in [2.45, 2.75) is 57.0 Å². The van der Waals surface area contributed by atoms with Crippen LogP contribution in [0.2, 0.25) is 0 Å². The zero-order chi connectivity index (χ0) is 18.9. The second-order valence-electron chi connectivity index (χ2n) is 7.55. The van der Waals surface area contributed by atoms with Gasteiger partial charge in [-0.2, -0.15) is 0 Å². The molecule has 0 spiro atoms. The molecule has 1 amide bonds. The molecule has 1 saturated carbocycles. The molecule has 1 aliphatic carbocycles. The average Bonchev–Trinajstić information content (AvgIpc) is 3.37. The molecule has 27 heavy (non-hydrogen) atoms. The number of aliphatic imine (C=N–C) groups is 1. The summed E-state index contributed by atoms with van der Waals surface area (Å²) in [4.78, 5) is 18.6. The zero-order valence-electron chi connectivity index (χ0n) is 16.4. The summed E-state index contributed by atoms with van der Waals surface area (Å²) in [6, 6.07) is 4.85. The van der Waals surface area contributed by atoms with E-state index in [1.54, 1.807) is 13.3 Å². The Kier molecular flexibility index (Phi) is 7.56. The van der Waals surface area contributed by atoms with Crippen molar-refractivity contribution in [3.8, 4) is 0 Å². The van der Waals surface area contributed by atoms with Gasteiger partial charge in [0.25, 0.3) is 0 Å². The third kappa shape index (κ3) is 6.57. The van der Waals surface area contributed by atoms with E-state index in [1.807, 2.05) is 12.1 Å². The van der Waals surface area contributed by atoms with Gasteiger partial charge in [-0.3, -0.25) is 14.7 Å². The van der Waals surface area contributed by atoms with Gasteiger partial charge in [-0.15, -0.1) is 0 Å². The summed E-state index contributed by atoms with van der Waals surface area (Å²) in [5.41, 5.74) is 0. The molecule has 2 heterocycles. The topological polar surface area (TPSA) is 81.9 Å². The van der Waals surface area contributed by atoms with Crippen LogP contribution in [0.5, 0.6) is 0 Å². The number of furan rings is 1. The molecule has 2 aliphatic rings. The Hall–Kier alpha value is -2.02. The molecular formula is C20H33N5O2. The van der Waals surface area contributed by atoms with Crippen LogP contribution in [-0.2, 0) is 11.2 Å². The van der Waals surface area contributed by atoms with Crippen LogP contribution in [-0.4, -0.2) is 62.1 Å². The Morgan fingerprint density at radius 2 is 1.89 bits per heavy atom. The number of piperidine rings is 1. The number of likely N-dealkylation sites (N-methyl/N-ethyl adjacent to an activating group) is 1. The third-order valence-electron chi connectivity index (χ3n) is 5.48. The van der Waals surface area contributed by atoms with E-state index in [0.29, 0.717) is 25.2 Å². The van der Waals surface area contributed by atoms with Crippen molar-refractivity contribution in [2.24, 2.45) is 4.99 Å². The van der Waals surface area contributed by atoms with Gasteiger partial charge in [0, 0.05) is 45.2 Å². The molecule has 1 aromatic heterocycles. The van der Waals surface area contributed by atoms with Crippen LogP contribution in [0.15, 0.2) is 27.8 Å². The molecule has 7 heteroatoms. The predicted octanol–water partition coefficient (Wildman–Crippen LogP) is 1.51. The van der Waals surface area contributed by atoms with Crippen LogP contribution in [0.25, 0.3) is 0 Å². The normalized spacial score (nSPS) is 20.0. The maximum Gasteiger partial charge on any atom is 0.233 e. The Morgan fingerprint density at radius 3 is 2.52 bits per heavy atom. The van der Waals surface area contributed by atoms with Gasteiger partial charge in [0.1, 0.15) is 5.76 Å². The summed E-state index contributed by atoms with van der Waals surface area (Å²) in [7, 11) is 1.69. The molecule has 0 atom stereocenters. The standard InChI is InChI=1S/C20H33N5O2/c1-21-19(26)15-25-12-9-17(10-13-25)24-20(23-16-5-2-3-6-16)22-11-8-18-7-4-14-27-18/h4,7,14,16-17H,2-3,5-6,8-13,15H2,1H3,(H,21,26)(H2,22,23,24). The fraction of sp³-hybridized carbons (Fsp3) is 0.700. The van der Waals surface area contributed by atoms with Gasteiger partial charge in [-0.05, 0) is 37.8 Å². The Labute approximate surface area is 162 Å². The number of amides is 1. The van der Waals surface area contributed by atoms with E-state index in [2.05, 4.69) is 20.9 Å². The maximum atomic E-state index is 11.5. The van der Waals surface area contributed by atoms with Gasteiger partial charge >= 0.3 is 0 Å². The summed E-state index contributed by atoms with van der Waals surface area (Å²) in [6.45, 7) is 3.08. The summed E-state index contributed by atoms with van der Waals surface area (Å²) in [5.74, 6) is 1.99. The predicted molar refractivity (Wildman–Crippen MR) is 107 cm³/mol. The zero-order valence-corrected chi connectivity index (χ0v) is 16.4. The largest absolute Gasteiger partial charge is 0.469 e. The van der Waals surface area contributed by atoms with Gasteiger partial charge in [-0.25, -0.2) is 0 Å². The average molecular weight is 376 g/mol. The van der Waals surface area contributed by atoms with Crippen LogP contribution in [0.1, 0.15) is 44.3 Å². The van der Waals surface area contributed by atoms with Crippen molar-refractivity contribution in [1.29, 1.82) is 0 Å². The van der Waals surface area contributed by atoms with Crippen LogP contribution in [0.3, 0.4) is 0 Å². The molecule has 7 nitrogen and oxygen atoms in total. The maximum absolute atomic E-state index is 11.5. The van der Waals surface area contributed by atoms with E-state index in [0.717, 1.165) is 44.1 Å². The van der Waals surface area contributed by atoms with Gasteiger partial charge < -0.3 is 20.4 Å². The van der Waals surface area contributed by atoms with Crippen LogP contribution < -0.4 is 16.0 Å². The van der Waals surface area contributed by atoms with E-state index in [1.165, 1.54) is 25.7 Å². The number of nitrogens with zero attached hydrogens (tertiary/aromatic N) is 2. The highest BCUT2D eigenvalue weighted by Gasteiger charge is 2.23. The second kappa shape index (κ2) is 10.3. The Morgan fingerprint density at radius 1 is 1.19 bits per heavy atom. The van der Waals surface area contributed by atoms with Crippen molar-refractivity contribution in [3.63, 3.8) is 0 Å². The number of rotatable bonds is 7. The lowest BCUT2D eigenvalue weighted by molar-refractivity contribution is -0.122. The number of carbonyl (C=O) groups excluding carboxylic acids is 1. The first-order valence-electron chi connectivity index (χ1n) is 10.3. The van der Waals surface area contributed by atoms with Crippen LogP contribution in [0.4, 0.5) is 0 Å². The smallest absolute Gasteiger partial charge is 0.233 e. The first-order chi connectivity index (χ1) is 13.2. The molecule has 3 N–H and O–H groups in total. The monoisotopic (exact) mass is 375 g/mol. The fourth-order valence-corrected chi connectivity index (χ4v) is 3.84. The molecule has 1 saturated heterocycles. The molecule has 0 bridgehead atoms. The molecule has 150 valence electrons. The van der Waals surface area contributed by atoms with E-state index in [4.69, 9.17) is 9.41 Å². The lowest BCUT2D eigenvalue weighted by Gasteiger charge is -2.33. The summed E-state index contributed by atoms with van der Waals surface area (Å²) in [6.07, 6.45) is 9.63. The number of guanidine groups is 1. The SMILES string of the molecule is CNC(=O)CN1CCC(NC(=NCCc2ccco2)NC2CCCC2)CC1. The number of hydrogen-bond donors (Lipinski definition) is 3. The minimum Gasteiger partial charge on any atom is -0.469 e. The first-order valence-corrected chi connectivity index (χ1v) is 10.3. The van der Waals surface area contributed by atoms with Crippen molar-refractivity contribution < 1.29 is 9.21 Å². The van der Waals surface area contributed by atoms with E-state index < -0.39 is 0 Å². The van der Waals surface area contributed by atoms with Crippen molar-refractivity contribution in [2.75, 3.05) is 33.2 Å². The number of likely N-dealkylation sites (tertiary alicyclic amines) is 1. The van der Waals surface area contributed by atoms with Crippen LogP contribution in [0, 0.1) is 0 Å². The highest BCUT2D eigenvalue weighted by atomic mass is 16.3. The van der Waals surface area contributed by atoms with E-state index in [-0.39, 0.29) is 5.91 Å².